The fourth-order valence-corrected chi connectivity index (χ4v) is 1.80. The smallest absolute Gasteiger partial charge is 0.427 e. The highest BCUT2D eigenvalue weighted by molar-refractivity contribution is 5.75. The summed E-state index contributed by atoms with van der Waals surface area (Å²) >= 11 is 0. The molecule has 1 aliphatic heterocycles. The van der Waals surface area contributed by atoms with Crippen molar-refractivity contribution < 1.29 is 19.1 Å². The number of ether oxygens (including phenoxy) is 2. The number of Topliss-reactive ketones (excluding diaryl/α,β-unsaturated/α-hetero) is 1. The Bertz CT molecular complexity index is 236. The summed E-state index contributed by atoms with van der Waals surface area (Å²) in [7, 11) is 0. The van der Waals surface area contributed by atoms with Crippen molar-refractivity contribution in [3.63, 3.8) is 0 Å². The third-order valence-corrected chi connectivity index (χ3v) is 2.52. The zero-order chi connectivity index (χ0) is 10.7. The van der Waals surface area contributed by atoms with Crippen LogP contribution in [0, 0.1) is 5.92 Å². The molecular formula is C10H16O4. The van der Waals surface area contributed by atoms with Crippen molar-refractivity contribution in [2.24, 2.45) is 5.92 Å². The molecule has 1 saturated heterocycles. The van der Waals surface area contributed by atoms with Gasteiger partial charge >= 0.3 is 6.16 Å². The number of hydrogen-bond donors (Lipinski definition) is 0. The Labute approximate surface area is 83.6 Å². The molecule has 0 aliphatic carbocycles. The summed E-state index contributed by atoms with van der Waals surface area (Å²) in [6.07, 6.45) is 0.126. The molecule has 1 heterocycles. The lowest BCUT2D eigenvalue weighted by atomic mass is 9.91. The van der Waals surface area contributed by atoms with Crippen LogP contribution in [0.4, 0.5) is 4.79 Å². The van der Waals surface area contributed by atoms with Gasteiger partial charge in [0.15, 0.2) is 0 Å². The summed E-state index contributed by atoms with van der Waals surface area (Å²) < 4.78 is 9.88. The predicted octanol–water partition coefficient (Wildman–Crippen LogP) is 1.92. The molecule has 1 aliphatic rings. The summed E-state index contributed by atoms with van der Waals surface area (Å²) in [5.74, 6) is 0.195. The summed E-state index contributed by atoms with van der Waals surface area (Å²) in [5.41, 5.74) is 0. The molecule has 4 nitrogen and oxygen atoms in total. The van der Waals surface area contributed by atoms with Gasteiger partial charge in [-0.05, 0) is 20.3 Å². The van der Waals surface area contributed by atoms with Crippen molar-refractivity contribution in [1.29, 1.82) is 0 Å². The molecular weight excluding hydrogens is 184 g/mol. The second kappa shape index (κ2) is 4.44. The Morgan fingerprint density at radius 2 is 2.14 bits per heavy atom. The Hall–Kier alpha value is -1.06. The minimum atomic E-state index is -0.621. The Kier molecular flexibility index (Phi) is 3.49. The van der Waals surface area contributed by atoms with Crippen LogP contribution in [0.2, 0.25) is 0 Å². The quantitative estimate of drug-likeness (QED) is 0.650. The average molecular weight is 200 g/mol. The molecule has 0 bridgehead atoms. The van der Waals surface area contributed by atoms with Gasteiger partial charge in [0.1, 0.15) is 18.0 Å². The second-order valence-electron chi connectivity index (χ2n) is 3.73. The lowest BCUT2D eigenvalue weighted by Crippen LogP contribution is -2.29. The van der Waals surface area contributed by atoms with E-state index < -0.39 is 6.16 Å². The predicted molar refractivity (Wildman–Crippen MR) is 49.9 cm³/mol. The van der Waals surface area contributed by atoms with Crippen LogP contribution in [0.5, 0.6) is 0 Å². The fraction of sp³-hybridized carbons (Fsp3) is 0.800. The van der Waals surface area contributed by atoms with E-state index in [9.17, 15) is 9.59 Å². The van der Waals surface area contributed by atoms with Crippen LogP contribution in [-0.2, 0) is 14.3 Å². The molecule has 0 aromatic heterocycles. The third kappa shape index (κ3) is 2.47. The van der Waals surface area contributed by atoms with Crippen LogP contribution in [0.1, 0.15) is 33.6 Å². The van der Waals surface area contributed by atoms with Crippen LogP contribution >= 0.6 is 0 Å². The van der Waals surface area contributed by atoms with Gasteiger partial charge < -0.3 is 14.3 Å². The molecule has 3 atom stereocenters. The first kappa shape index (κ1) is 11.0. The van der Waals surface area contributed by atoms with E-state index in [1.165, 1.54) is 0 Å². The third-order valence-electron chi connectivity index (χ3n) is 2.52. The molecule has 0 aromatic carbocycles. The Balaban J connectivity index is 2.60. The van der Waals surface area contributed by atoms with E-state index in [1.54, 1.807) is 13.8 Å². The van der Waals surface area contributed by atoms with Crippen LogP contribution in [-0.4, -0.2) is 24.1 Å². The highest BCUT2D eigenvalue weighted by Crippen LogP contribution is 2.26. The number of carbonyl (C=O) groups excluding carboxylic acids is 2. The molecule has 4 heteroatoms. The SMILES string of the molecule is CCC(CC(C)=O)C1OC(=O)OC1C. The van der Waals surface area contributed by atoms with Crippen LogP contribution in [0.3, 0.4) is 0 Å². The van der Waals surface area contributed by atoms with E-state index >= 15 is 0 Å². The normalized spacial score (nSPS) is 28.1. The zero-order valence-electron chi connectivity index (χ0n) is 8.78. The van der Waals surface area contributed by atoms with Crippen molar-refractivity contribution in [3.05, 3.63) is 0 Å². The van der Waals surface area contributed by atoms with Gasteiger partial charge in [-0.3, -0.25) is 0 Å². The highest BCUT2D eigenvalue weighted by Gasteiger charge is 2.38. The van der Waals surface area contributed by atoms with Gasteiger partial charge in [-0.1, -0.05) is 6.92 Å². The van der Waals surface area contributed by atoms with Gasteiger partial charge in [-0.25, -0.2) is 4.79 Å². The van der Waals surface area contributed by atoms with Crippen molar-refractivity contribution in [2.45, 2.75) is 45.8 Å². The largest absolute Gasteiger partial charge is 0.509 e. The Morgan fingerprint density at radius 3 is 2.50 bits per heavy atom. The first-order chi connectivity index (χ1) is 6.54. The molecule has 0 amide bonds. The van der Waals surface area contributed by atoms with Gasteiger partial charge in [0.05, 0.1) is 0 Å². The van der Waals surface area contributed by atoms with E-state index in [2.05, 4.69) is 0 Å². The molecule has 0 saturated carbocycles. The summed E-state index contributed by atoms with van der Waals surface area (Å²) in [5, 5.41) is 0. The summed E-state index contributed by atoms with van der Waals surface area (Å²) in [6, 6.07) is 0. The molecule has 0 spiro atoms. The number of cyclic esters (lactones) is 2. The van der Waals surface area contributed by atoms with E-state index in [-0.39, 0.29) is 23.9 Å². The van der Waals surface area contributed by atoms with Crippen LogP contribution in [0.25, 0.3) is 0 Å². The van der Waals surface area contributed by atoms with Crippen molar-refractivity contribution in [2.75, 3.05) is 0 Å². The van der Waals surface area contributed by atoms with Gasteiger partial charge in [-0.2, -0.15) is 0 Å². The van der Waals surface area contributed by atoms with E-state index in [1.807, 2.05) is 6.92 Å². The minimum absolute atomic E-state index is 0.0777. The number of hydrogen-bond acceptors (Lipinski definition) is 4. The van der Waals surface area contributed by atoms with Crippen molar-refractivity contribution in [3.8, 4) is 0 Å². The average Bonchev–Trinajstić information content (AvgIpc) is 2.41. The van der Waals surface area contributed by atoms with E-state index in [0.717, 1.165) is 6.42 Å². The number of ketones is 1. The first-order valence-corrected chi connectivity index (χ1v) is 4.91. The maximum absolute atomic E-state index is 11.0. The Morgan fingerprint density at radius 1 is 1.50 bits per heavy atom. The second-order valence-corrected chi connectivity index (χ2v) is 3.73. The fourth-order valence-electron chi connectivity index (χ4n) is 1.80. The number of rotatable bonds is 4. The zero-order valence-corrected chi connectivity index (χ0v) is 8.78. The van der Waals surface area contributed by atoms with Crippen LogP contribution < -0.4 is 0 Å². The maximum Gasteiger partial charge on any atom is 0.509 e. The molecule has 14 heavy (non-hydrogen) atoms. The molecule has 80 valence electrons. The topological polar surface area (TPSA) is 52.6 Å². The minimum Gasteiger partial charge on any atom is -0.427 e. The monoisotopic (exact) mass is 200 g/mol. The lowest BCUT2D eigenvalue weighted by Gasteiger charge is -2.20. The lowest BCUT2D eigenvalue weighted by molar-refractivity contribution is -0.118. The molecule has 0 radical (unpaired) electrons. The van der Waals surface area contributed by atoms with Crippen molar-refractivity contribution in [1.82, 2.24) is 0 Å². The van der Waals surface area contributed by atoms with Gasteiger partial charge in [0, 0.05) is 12.3 Å². The van der Waals surface area contributed by atoms with E-state index in [4.69, 9.17) is 9.47 Å². The highest BCUT2D eigenvalue weighted by atomic mass is 16.8. The summed E-state index contributed by atoms with van der Waals surface area (Å²) in [4.78, 5) is 21.8. The van der Waals surface area contributed by atoms with Crippen LogP contribution in [0.15, 0.2) is 0 Å². The van der Waals surface area contributed by atoms with E-state index in [0.29, 0.717) is 6.42 Å². The van der Waals surface area contributed by atoms with Gasteiger partial charge in [-0.15, -0.1) is 0 Å². The van der Waals surface area contributed by atoms with Crippen molar-refractivity contribution >= 4 is 11.9 Å². The molecule has 0 aromatic rings. The first-order valence-electron chi connectivity index (χ1n) is 4.91. The number of carbonyl (C=O) groups is 2. The molecule has 0 N–H and O–H groups in total. The molecule has 3 unspecified atom stereocenters. The maximum atomic E-state index is 11.0. The molecule has 1 rings (SSSR count). The standard InChI is InChI=1S/C10H16O4/c1-4-8(5-6(2)11)9-7(3)13-10(12)14-9/h7-9H,4-5H2,1-3H3. The van der Waals surface area contributed by atoms with Gasteiger partial charge in [0.2, 0.25) is 0 Å². The summed E-state index contributed by atoms with van der Waals surface area (Å²) in [6.45, 7) is 5.32. The molecule has 1 fully saturated rings. The van der Waals surface area contributed by atoms with Gasteiger partial charge in [0.25, 0.3) is 0 Å².